The number of amides is 1. The van der Waals surface area contributed by atoms with Gasteiger partial charge in [-0.2, -0.15) is 0 Å². The van der Waals surface area contributed by atoms with Gasteiger partial charge in [-0.1, -0.05) is 0 Å². The lowest BCUT2D eigenvalue weighted by Gasteiger charge is -2.29. The fraction of sp³-hybridized carbons (Fsp3) is 0.333. The van der Waals surface area contributed by atoms with E-state index >= 15 is 0 Å². The first-order valence-electron chi connectivity index (χ1n) is 7.12. The van der Waals surface area contributed by atoms with Gasteiger partial charge in [0.2, 0.25) is 0 Å². The summed E-state index contributed by atoms with van der Waals surface area (Å²) in [5, 5.41) is 7.95. The molecule has 0 atom stereocenters. The van der Waals surface area contributed by atoms with Gasteiger partial charge in [-0.05, 0) is 23.6 Å². The Bertz CT molecular complexity index is 635. The molecule has 1 fully saturated rings. The number of carbonyl (C=O) groups is 1. The van der Waals surface area contributed by atoms with Gasteiger partial charge in [0, 0.05) is 26.2 Å². The highest BCUT2D eigenvalue weighted by Gasteiger charge is 2.15. The number of hydrogen-bond donors (Lipinski definition) is 2. The molecule has 3 rings (SSSR count). The number of piperazine rings is 1. The monoisotopic (exact) mass is 318 g/mol. The number of aromatic nitrogens is 1. The zero-order valence-corrected chi connectivity index (χ0v) is 13.2. The number of pyridine rings is 1. The Morgan fingerprint density at radius 1 is 1.36 bits per heavy atom. The second-order valence-electron chi connectivity index (χ2n) is 4.91. The number of thiophene rings is 1. The molecule has 7 heteroatoms. The largest absolute Gasteiger partial charge is 0.495 e. The number of rotatable bonds is 4. The molecule has 6 nitrogen and oxygen atoms in total. The van der Waals surface area contributed by atoms with E-state index in [-0.39, 0.29) is 5.91 Å². The Morgan fingerprint density at radius 2 is 2.18 bits per heavy atom. The molecule has 3 heterocycles. The molecule has 22 heavy (non-hydrogen) atoms. The van der Waals surface area contributed by atoms with Crippen molar-refractivity contribution in [3.8, 4) is 5.75 Å². The zero-order valence-electron chi connectivity index (χ0n) is 12.3. The maximum absolute atomic E-state index is 12.2. The van der Waals surface area contributed by atoms with E-state index < -0.39 is 0 Å². The summed E-state index contributed by atoms with van der Waals surface area (Å²) in [6.45, 7) is 3.91. The predicted octanol–water partition coefficient (Wildman–Crippen LogP) is 1.81. The lowest BCUT2D eigenvalue weighted by atomic mass is 10.3. The van der Waals surface area contributed by atoms with Crippen molar-refractivity contribution < 1.29 is 9.53 Å². The van der Waals surface area contributed by atoms with Gasteiger partial charge < -0.3 is 20.3 Å². The Morgan fingerprint density at radius 3 is 2.86 bits per heavy atom. The van der Waals surface area contributed by atoms with Crippen LogP contribution in [0.3, 0.4) is 0 Å². The number of anilines is 2. The molecule has 116 valence electrons. The third-order valence-electron chi connectivity index (χ3n) is 3.53. The Labute approximate surface area is 133 Å². The maximum Gasteiger partial charge on any atom is 0.270 e. The first kappa shape index (κ1) is 14.8. The van der Waals surface area contributed by atoms with Gasteiger partial charge in [-0.15, -0.1) is 11.3 Å². The van der Waals surface area contributed by atoms with E-state index in [9.17, 15) is 4.79 Å². The minimum absolute atomic E-state index is 0.200. The van der Waals surface area contributed by atoms with Crippen LogP contribution >= 0.6 is 11.3 Å². The molecule has 1 saturated heterocycles. The van der Waals surface area contributed by atoms with Crippen molar-refractivity contribution in [1.29, 1.82) is 0 Å². The predicted molar refractivity (Wildman–Crippen MR) is 88.1 cm³/mol. The molecule has 2 aromatic rings. The first-order valence-corrected chi connectivity index (χ1v) is 8.00. The van der Waals surface area contributed by atoms with E-state index in [4.69, 9.17) is 4.74 Å². The molecule has 0 aromatic carbocycles. The highest BCUT2D eigenvalue weighted by molar-refractivity contribution is 7.12. The Kier molecular flexibility index (Phi) is 4.55. The highest BCUT2D eigenvalue weighted by Crippen LogP contribution is 2.25. The van der Waals surface area contributed by atoms with Crippen molar-refractivity contribution in [1.82, 2.24) is 10.3 Å². The van der Waals surface area contributed by atoms with Crippen LogP contribution in [0.4, 0.5) is 11.5 Å². The van der Waals surface area contributed by atoms with Gasteiger partial charge in [0.15, 0.2) is 0 Å². The van der Waals surface area contributed by atoms with Crippen LogP contribution in [-0.2, 0) is 0 Å². The van der Waals surface area contributed by atoms with Crippen molar-refractivity contribution in [2.45, 2.75) is 0 Å². The van der Waals surface area contributed by atoms with Crippen LogP contribution in [0.15, 0.2) is 29.8 Å². The zero-order chi connectivity index (χ0) is 15.4. The molecule has 1 aliphatic heterocycles. The lowest BCUT2D eigenvalue weighted by Crippen LogP contribution is -2.43. The van der Waals surface area contributed by atoms with E-state index in [0.29, 0.717) is 16.4 Å². The van der Waals surface area contributed by atoms with Crippen molar-refractivity contribution >= 4 is 28.7 Å². The summed E-state index contributed by atoms with van der Waals surface area (Å²) < 4.78 is 5.16. The third-order valence-corrected chi connectivity index (χ3v) is 4.42. The standard InChI is InChI=1S/C15H18N4O2S/c1-21-12-4-9-22-14(12)15(20)18-13-3-2-11(10-17-13)19-7-5-16-6-8-19/h2-4,9-10,16H,5-8H2,1H3,(H,17,18,20). The fourth-order valence-corrected chi connectivity index (χ4v) is 3.12. The number of hydrogen-bond acceptors (Lipinski definition) is 6. The molecule has 0 saturated carbocycles. The highest BCUT2D eigenvalue weighted by atomic mass is 32.1. The molecule has 0 unspecified atom stereocenters. The van der Waals surface area contributed by atoms with Crippen molar-refractivity contribution in [2.24, 2.45) is 0 Å². The van der Waals surface area contributed by atoms with Gasteiger partial charge >= 0.3 is 0 Å². The van der Waals surface area contributed by atoms with E-state index in [1.54, 1.807) is 19.4 Å². The van der Waals surface area contributed by atoms with E-state index in [1.165, 1.54) is 11.3 Å². The Balaban J connectivity index is 1.67. The average molecular weight is 318 g/mol. The number of carbonyl (C=O) groups excluding carboxylic acids is 1. The van der Waals surface area contributed by atoms with E-state index in [0.717, 1.165) is 31.9 Å². The van der Waals surface area contributed by atoms with Gasteiger partial charge in [-0.25, -0.2) is 4.98 Å². The lowest BCUT2D eigenvalue weighted by molar-refractivity contribution is 0.102. The van der Waals surface area contributed by atoms with Gasteiger partial charge in [0.1, 0.15) is 16.4 Å². The van der Waals surface area contributed by atoms with E-state index in [1.807, 2.05) is 17.5 Å². The van der Waals surface area contributed by atoms with Crippen LogP contribution in [0.1, 0.15) is 9.67 Å². The summed E-state index contributed by atoms with van der Waals surface area (Å²) in [6, 6.07) is 5.59. The third kappa shape index (κ3) is 3.20. The van der Waals surface area contributed by atoms with Crippen molar-refractivity contribution in [3.63, 3.8) is 0 Å². The van der Waals surface area contributed by atoms with Gasteiger partial charge in [-0.3, -0.25) is 4.79 Å². The molecule has 2 N–H and O–H groups in total. The number of nitrogens with zero attached hydrogens (tertiary/aromatic N) is 2. The van der Waals surface area contributed by atoms with Gasteiger partial charge in [0.05, 0.1) is 19.0 Å². The minimum atomic E-state index is -0.200. The molecule has 0 bridgehead atoms. The molecule has 0 radical (unpaired) electrons. The quantitative estimate of drug-likeness (QED) is 0.900. The number of nitrogens with one attached hydrogen (secondary N) is 2. The summed E-state index contributed by atoms with van der Waals surface area (Å²) in [5.41, 5.74) is 1.08. The molecular formula is C15H18N4O2S. The van der Waals surface area contributed by atoms with Crippen molar-refractivity contribution in [3.05, 3.63) is 34.7 Å². The Hall–Kier alpha value is -2.12. The molecule has 0 spiro atoms. The second-order valence-corrected chi connectivity index (χ2v) is 5.83. The van der Waals surface area contributed by atoms with Crippen LogP contribution < -0.4 is 20.3 Å². The minimum Gasteiger partial charge on any atom is -0.495 e. The number of methoxy groups -OCH3 is 1. The second kappa shape index (κ2) is 6.76. The normalized spacial score (nSPS) is 14.7. The van der Waals surface area contributed by atoms with E-state index in [2.05, 4.69) is 20.5 Å². The van der Waals surface area contributed by atoms with Crippen LogP contribution in [0, 0.1) is 0 Å². The molecular weight excluding hydrogens is 300 g/mol. The van der Waals surface area contributed by atoms with Crippen LogP contribution in [-0.4, -0.2) is 44.2 Å². The summed E-state index contributed by atoms with van der Waals surface area (Å²) in [7, 11) is 1.55. The van der Waals surface area contributed by atoms with Crippen molar-refractivity contribution in [2.75, 3.05) is 43.5 Å². The maximum atomic E-state index is 12.2. The summed E-state index contributed by atoms with van der Waals surface area (Å²) in [4.78, 5) is 19.4. The summed E-state index contributed by atoms with van der Waals surface area (Å²) in [5.74, 6) is 0.925. The first-order chi connectivity index (χ1) is 10.8. The summed E-state index contributed by atoms with van der Waals surface area (Å²) >= 11 is 1.35. The average Bonchev–Trinajstić information content (AvgIpc) is 3.05. The van der Waals surface area contributed by atoms with Crippen LogP contribution in [0.5, 0.6) is 5.75 Å². The summed E-state index contributed by atoms with van der Waals surface area (Å²) in [6.07, 6.45) is 1.80. The topological polar surface area (TPSA) is 66.5 Å². The number of ether oxygens (including phenoxy) is 1. The van der Waals surface area contributed by atoms with Crippen LogP contribution in [0.25, 0.3) is 0 Å². The molecule has 2 aromatic heterocycles. The molecule has 0 aliphatic carbocycles. The molecule has 1 amide bonds. The van der Waals surface area contributed by atoms with Crippen LogP contribution in [0.2, 0.25) is 0 Å². The SMILES string of the molecule is COc1ccsc1C(=O)Nc1ccc(N2CCNCC2)cn1. The smallest absolute Gasteiger partial charge is 0.270 e. The van der Waals surface area contributed by atoms with Gasteiger partial charge in [0.25, 0.3) is 5.91 Å². The molecule has 1 aliphatic rings. The fourth-order valence-electron chi connectivity index (χ4n) is 2.37.